The molecule has 0 saturated carbocycles. The van der Waals surface area contributed by atoms with Gasteiger partial charge < -0.3 is 0 Å². The Balaban J connectivity index is 2.23. The third-order valence-electron chi connectivity index (χ3n) is 1.96. The van der Waals surface area contributed by atoms with Crippen LogP contribution in [-0.2, 0) is 0 Å². The van der Waals surface area contributed by atoms with E-state index in [1.807, 2.05) is 0 Å². The van der Waals surface area contributed by atoms with Gasteiger partial charge in [-0.3, -0.25) is 0 Å². The van der Waals surface area contributed by atoms with Gasteiger partial charge in [-0.15, -0.1) is 11.8 Å². The maximum Gasteiger partial charge on any atom is 0.00144 e. The van der Waals surface area contributed by atoms with Gasteiger partial charge in [-0.05, 0) is 30.6 Å². The Bertz CT molecular complexity index is 107. The first-order valence-electron chi connectivity index (χ1n) is 3.30. The fourth-order valence-electron chi connectivity index (χ4n) is 1.51. The molecule has 2 rings (SSSR count). The number of rotatable bonds is 0. The summed E-state index contributed by atoms with van der Waals surface area (Å²) in [5, 5.41) is 0. The highest BCUT2D eigenvalue weighted by Gasteiger charge is 2.19. The van der Waals surface area contributed by atoms with E-state index >= 15 is 0 Å². The Morgan fingerprint density at radius 1 is 1.12 bits per heavy atom. The minimum absolute atomic E-state index is 1.38. The van der Waals surface area contributed by atoms with Crippen LogP contribution in [-0.4, -0.2) is 5.75 Å². The lowest BCUT2D eigenvalue weighted by atomic mass is 10.2. The Labute approximate surface area is 54.4 Å². The molecular formula is C7H10S. The van der Waals surface area contributed by atoms with Crippen LogP contribution in [0.2, 0.25) is 0 Å². The van der Waals surface area contributed by atoms with Crippen molar-refractivity contribution in [3.63, 3.8) is 0 Å². The highest BCUT2D eigenvalue weighted by molar-refractivity contribution is 8.03. The number of thioether (sulfide) groups is 1. The van der Waals surface area contributed by atoms with Crippen LogP contribution in [0.4, 0.5) is 0 Å². The summed E-state index contributed by atoms with van der Waals surface area (Å²) in [6.45, 7) is 0. The normalized spacial score (nSPS) is 27.0. The van der Waals surface area contributed by atoms with Gasteiger partial charge >= 0.3 is 0 Å². The van der Waals surface area contributed by atoms with Gasteiger partial charge in [-0.25, -0.2) is 0 Å². The zero-order valence-corrected chi connectivity index (χ0v) is 5.76. The standard InChI is InChI=1S/C7H10S/c1-2-6-4-5-8-7(6)3-1/h1-5H2. The van der Waals surface area contributed by atoms with Gasteiger partial charge in [0.1, 0.15) is 0 Å². The van der Waals surface area contributed by atoms with Crippen LogP contribution < -0.4 is 0 Å². The highest BCUT2D eigenvalue weighted by Crippen LogP contribution is 2.42. The average molecular weight is 126 g/mol. The first-order chi connectivity index (χ1) is 3.97. The molecule has 8 heavy (non-hydrogen) atoms. The molecule has 0 aromatic rings. The summed E-state index contributed by atoms with van der Waals surface area (Å²) in [6, 6.07) is 0. The zero-order valence-electron chi connectivity index (χ0n) is 4.94. The first-order valence-corrected chi connectivity index (χ1v) is 4.29. The summed E-state index contributed by atoms with van der Waals surface area (Å²) >= 11 is 2.09. The molecule has 0 saturated heterocycles. The molecule has 0 atom stereocenters. The van der Waals surface area contributed by atoms with Gasteiger partial charge in [0.2, 0.25) is 0 Å². The van der Waals surface area contributed by atoms with Crippen LogP contribution >= 0.6 is 11.8 Å². The second-order valence-electron chi connectivity index (χ2n) is 2.48. The molecule has 0 aromatic heterocycles. The molecule has 1 heterocycles. The minimum Gasteiger partial charge on any atom is -0.130 e. The van der Waals surface area contributed by atoms with Crippen molar-refractivity contribution in [2.24, 2.45) is 0 Å². The second-order valence-corrected chi connectivity index (χ2v) is 3.67. The molecule has 44 valence electrons. The Kier molecular flexibility index (Phi) is 1.11. The molecule has 2 aliphatic rings. The van der Waals surface area contributed by atoms with E-state index in [0.29, 0.717) is 0 Å². The van der Waals surface area contributed by atoms with E-state index in [1.165, 1.54) is 31.4 Å². The lowest BCUT2D eigenvalue weighted by Gasteiger charge is -1.90. The van der Waals surface area contributed by atoms with Crippen molar-refractivity contribution < 1.29 is 0 Å². The van der Waals surface area contributed by atoms with E-state index < -0.39 is 0 Å². The molecule has 1 heteroatoms. The average Bonchev–Trinajstić information content (AvgIpc) is 2.15. The smallest absolute Gasteiger partial charge is 0.00144 e. The molecule has 0 N–H and O–H groups in total. The van der Waals surface area contributed by atoms with E-state index in [0.717, 1.165) is 0 Å². The van der Waals surface area contributed by atoms with Crippen LogP contribution in [0.5, 0.6) is 0 Å². The van der Waals surface area contributed by atoms with E-state index in [9.17, 15) is 0 Å². The van der Waals surface area contributed by atoms with Gasteiger partial charge in [0.15, 0.2) is 0 Å². The lowest BCUT2D eigenvalue weighted by Crippen LogP contribution is -1.74. The Hall–Kier alpha value is 0.0900. The Morgan fingerprint density at radius 2 is 2.12 bits per heavy atom. The molecule has 0 spiro atoms. The van der Waals surface area contributed by atoms with Crippen molar-refractivity contribution in [2.45, 2.75) is 25.7 Å². The van der Waals surface area contributed by atoms with Gasteiger partial charge in [0.05, 0.1) is 0 Å². The van der Waals surface area contributed by atoms with Crippen molar-refractivity contribution in [3.05, 3.63) is 10.5 Å². The van der Waals surface area contributed by atoms with Gasteiger partial charge in [-0.2, -0.15) is 0 Å². The lowest BCUT2D eigenvalue weighted by molar-refractivity contribution is 0.877. The van der Waals surface area contributed by atoms with Crippen molar-refractivity contribution in [3.8, 4) is 0 Å². The van der Waals surface area contributed by atoms with Crippen LogP contribution in [0.3, 0.4) is 0 Å². The molecule has 0 bridgehead atoms. The number of hydrogen-bond donors (Lipinski definition) is 0. The predicted molar refractivity (Wildman–Crippen MR) is 38.0 cm³/mol. The van der Waals surface area contributed by atoms with E-state index in [2.05, 4.69) is 11.8 Å². The summed E-state index contributed by atoms with van der Waals surface area (Å²) in [4.78, 5) is 1.74. The molecule has 0 aromatic carbocycles. The molecule has 1 aliphatic carbocycles. The molecule has 0 unspecified atom stereocenters. The molecule has 1 aliphatic heterocycles. The molecule has 0 radical (unpaired) electrons. The number of allylic oxidation sites excluding steroid dienone is 2. The first kappa shape index (κ1) is 4.92. The fourth-order valence-corrected chi connectivity index (χ4v) is 2.81. The van der Waals surface area contributed by atoms with Crippen molar-refractivity contribution >= 4 is 11.8 Å². The minimum atomic E-state index is 1.38. The second kappa shape index (κ2) is 1.80. The molecule has 0 fully saturated rings. The summed E-state index contributed by atoms with van der Waals surface area (Å²) < 4.78 is 0. The van der Waals surface area contributed by atoms with Gasteiger partial charge in [-0.1, -0.05) is 5.57 Å². The molecule has 0 nitrogen and oxygen atoms in total. The van der Waals surface area contributed by atoms with Crippen LogP contribution in [0.15, 0.2) is 10.5 Å². The fraction of sp³-hybridized carbons (Fsp3) is 0.714. The third-order valence-corrected chi connectivity index (χ3v) is 3.21. The van der Waals surface area contributed by atoms with E-state index in [1.54, 1.807) is 10.5 Å². The summed E-state index contributed by atoms with van der Waals surface area (Å²) in [5.41, 5.74) is 1.79. The summed E-state index contributed by atoms with van der Waals surface area (Å²) in [6.07, 6.45) is 5.67. The molecule has 0 amide bonds. The highest BCUT2D eigenvalue weighted by atomic mass is 32.2. The maximum absolute atomic E-state index is 2.09. The van der Waals surface area contributed by atoms with Crippen LogP contribution in [0.1, 0.15) is 25.7 Å². The topological polar surface area (TPSA) is 0 Å². The maximum atomic E-state index is 2.09. The van der Waals surface area contributed by atoms with Gasteiger partial charge in [0, 0.05) is 5.75 Å². The Morgan fingerprint density at radius 3 is 3.00 bits per heavy atom. The van der Waals surface area contributed by atoms with Crippen molar-refractivity contribution in [1.29, 1.82) is 0 Å². The van der Waals surface area contributed by atoms with Crippen LogP contribution in [0, 0.1) is 0 Å². The number of hydrogen-bond acceptors (Lipinski definition) is 1. The van der Waals surface area contributed by atoms with E-state index in [-0.39, 0.29) is 0 Å². The summed E-state index contributed by atoms with van der Waals surface area (Å²) in [7, 11) is 0. The summed E-state index contributed by atoms with van der Waals surface area (Å²) in [5.74, 6) is 1.38. The largest absolute Gasteiger partial charge is 0.130 e. The quantitative estimate of drug-likeness (QED) is 0.480. The third kappa shape index (κ3) is 0.609. The zero-order chi connectivity index (χ0) is 5.40. The monoisotopic (exact) mass is 126 g/mol. The van der Waals surface area contributed by atoms with Crippen molar-refractivity contribution in [1.82, 2.24) is 0 Å². The van der Waals surface area contributed by atoms with Gasteiger partial charge in [0.25, 0.3) is 0 Å². The molecular weight excluding hydrogens is 116 g/mol. The predicted octanol–water partition coefficient (Wildman–Crippen LogP) is 2.56. The van der Waals surface area contributed by atoms with Crippen molar-refractivity contribution in [2.75, 3.05) is 5.75 Å². The van der Waals surface area contributed by atoms with E-state index in [4.69, 9.17) is 0 Å². The SMILES string of the molecule is C1CC2=C(C1)SCC2. The van der Waals surface area contributed by atoms with Crippen LogP contribution in [0.25, 0.3) is 0 Å².